The van der Waals surface area contributed by atoms with Gasteiger partial charge in [-0.05, 0) is 62.4 Å². The van der Waals surface area contributed by atoms with Crippen molar-refractivity contribution in [2.75, 3.05) is 22.9 Å². The lowest BCUT2D eigenvalue weighted by molar-refractivity contribution is -0.113. The summed E-state index contributed by atoms with van der Waals surface area (Å²) in [5.41, 5.74) is 2.71. The van der Waals surface area contributed by atoms with E-state index in [1.807, 2.05) is 49.4 Å². The second-order valence-corrected chi connectivity index (χ2v) is 12.4. The van der Waals surface area contributed by atoms with E-state index in [1.54, 1.807) is 30.9 Å². The number of benzene rings is 1. The van der Waals surface area contributed by atoms with Gasteiger partial charge in [0.2, 0.25) is 0 Å². The van der Waals surface area contributed by atoms with E-state index in [2.05, 4.69) is 11.8 Å². The maximum absolute atomic E-state index is 13.9. The average Bonchev–Trinajstić information content (AvgIpc) is 3.35. The van der Waals surface area contributed by atoms with Crippen LogP contribution < -0.4 is 20.9 Å². The molecule has 0 bridgehead atoms. The van der Waals surface area contributed by atoms with Crippen LogP contribution in [0.4, 0.5) is 11.5 Å². The topological polar surface area (TPSA) is 84.8 Å². The molecule has 0 aliphatic carbocycles. The summed E-state index contributed by atoms with van der Waals surface area (Å²) in [7, 11) is 1.77. The Balaban J connectivity index is 1.48. The summed E-state index contributed by atoms with van der Waals surface area (Å²) in [6.45, 7) is 7.46. The number of carbonyl (C=O) groups excluding carboxylic acids is 1. The molecule has 6 rings (SSSR count). The van der Waals surface area contributed by atoms with Crippen LogP contribution in [0.2, 0.25) is 0 Å². The molecule has 2 fully saturated rings. The smallest absolute Gasteiger partial charge is 0.296 e. The molecule has 1 aromatic carbocycles. The van der Waals surface area contributed by atoms with Gasteiger partial charge in [0.25, 0.3) is 17.0 Å². The fraction of sp³-hybridized carbons (Fsp3) is 0.300. The zero-order chi connectivity index (χ0) is 29.0. The van der Waals surface area contributed by atoms with Crippen LogP contribution in [0.3, 0.4) is 0 Å². The largest absolute Gasteiger partial charge is 0.356 e. The van der Waals surface area contributed by atoms with Crippen molar-refractivity contribution >= 4 is 57.4 Å². The Morgan fingerprint density at radius 1 is 1.05 bits per heavy atom. The zero-order valence-corrected chi connectivity index (χ0v) is 25.0. The fourth-order valence-corrected chi connectivity index (χ4v) is 6.85. The van der Waals surface area contributed by atoms with Gasteiger partial charge in [0.05, 0.1) is 21.8 Å². The molecule has 11 heteroatoms. The Morgan fingerprint density at radius 2 is 1.80 bits per heavy atom. The summed E-state index contributed by atoms with van der Waals surface area (Å²) < 4.78 is 5.00. The lowest BCUT2D eigenvalue weighted by atomic mass is 10.00. The quantitative estimate of drug-likeness (QED) is 0.258. The van der Waals surface area contributed by atoms with E-state index >= 15 is 0 Å². The van der Waals surface area contributed by atoms with E-state index in [9.17, 15) is 14.4 Å². The third-order valence-corrected chi connectivity index (χ3v) is 9.06. The number of anilines is 2. The Labute approximate surface area is 246 Å². The Hall–Kier alpha value is -3.96. The summed E-state index contributed by atoms with van der Waals surface area (Å²) >= 11 is 6.73. The van der Waals surface area contributed by atoms with Crippen LogP contribution in [0.15, 0.2) is 63.2 Å². The van der Waals surface area contributed by atoms with Crippen molar-refractivity contribution < 1.29 is 4.79 Å². The minimum absolute atomic E-state index is 0.205. The molecule has 5 heterocycles. The van der Waals surface area contributed by atoms with Gasteiger partial charge in [0.1, 0.15) is 17.2 Å². The molecule has 0 radical (unpaired) electrons. The van der Waals surface area contributed by atoms with Crippen molar-refractivity contribution in [1.82, 2.24) is 18.7 Å². The second kappa shape index (κ2) is 10.5. The summed E-state index contributed by atoms with van der Waals surface area (Å²) in [6, 6.07) is 13.0. The minimum atomic E-state index is -0.433. The van der Waals surface area contributed by atoms with Gasteiger partial charge in [-0.3, -0.25) is 28.4 Å². The van der Waals surface area contributed by atoms with Gasteiger partial charge in [-0.15, -0.1) is 0 Å². The first-order valence-electron chi connectivity index (χ1n) is 13.6. The van der Waals surface area contributed by atoms with E-state index in [1.165, 1.54) is 14.0 Å². The van der Waals surface area contributed by atoms with Crippen LogP contribution in [0.5, 0.6) is 0 Å². The van der Waals surface area contributed by atoms with Crippen LogP contribution >= 0.6 is 24.0 Å². The number of piperidine rings is 1. The number of carbonyl (C=O) groups is 1. The SMILES string of the molecule is Cc1ccc2nc(N3CCCC(C)C3)c(/C=C3/SC(=S)N(c4c(C)n(C)n(-c5ccccc5)c4=O)C3=O)c(=O)n2c1. The number of thioether (sulfide) groups is 1. The van der Waals surface area contributed by atoms with E-state index in [-0.39, 0.29) is 26.0 Å². The molecule has 0 N–H and O–H groups in total. The summed E-state index contributed by atoms with van der Waals surface area (Å²) in [6.07, 6.45) is 5.48. The molecule has 2 aliphatic rings. The fourth-order valence-electron chi connectivity index (χ4n) is 5.60. The summed E-state index contributed by atoms with van der Waals surface area (Å²) in [5.74, 6) is 0.594. The highest BCUT2D eigenvalue weighted by Crippen LogP contribution is 2.37. The van der Waals surface area contributed by atoms with Gasteiger partial charge in [-0.1, -0.05) is 55.2 Å². The molecule has 41 heavy (non-hydrogen) atoms. The van der Waals surface area contributed by atoms with Gasteiger partial charge in [-0.25, -0.2) is 9.67 Å². The lowest BCUT2D eigenvalue weighted by Crippen LogP contribution is -2.37. The van der Waals surface area contributed by atoms with Gasteiger partial charge in [0, 0.05) is 26.3 Å². The maximum atomic E-state index is 13.9. The maximum Gasteiger partial charge on any atom is 0.296 e. The van der Waals surface area contributed by atoms with Crippen molar-refractivity contribution in [1.29, 1.82) is 0 Å². The van der Waals surface area contributed by atoms with Crippen molar-refractivity contribution in [2.45, 2.75) is 33.6 Å². The number of pyridine rings is 1. The minimum Gasteiger partial charge on any atom is -0.356 e. The molecule has 2 aliphatic heterocycles. The number of aryl methyl sites for hydroxylation is 1. The molecule has 1 unspecified atom stereocenters. The van der Waals surface area contributed by atoms with Crippen LogP contribution in [0.25, 0.3) is 17.4 Å². The molecule has 4 aromatic rings. The molecule has 3 aromatic heterocycles. The highest BCUT2D eigenvalue weighted by molar-refractivity contribution is 8.27. The molecule has 0 saturated carbocycles. The predicted octanol–water partition coefficient (Wildman–Crippen LogP) is 4.44. The van der Waals surface area contributed by atoms with Crippen molar-refractivity contribution in [3.63, 3.8) is 0 Å². The number of amides is 1. The highest BCUT2D eigenvalue weighted by Gasteiger charge is 2.38. The molecular formula is C30H30N6O3S2. The number of hydrogen-bond acceptors (Lipinski definition) is 7. The van der Waals surface area contributed by atoms with Crippen LogP contribution in [-0.4, -0.2) is 42.1 Å². The van der Waals surface area contributed by atoms with Crippen molar-refractivity contribution in [3.05, 3.63) is 91.1 Å². The molecule has 1 atom stereocenters. The van der Waals surface area contributed by atoms with Crippen LogP contribution in [0, 0.1) is 19.8 Å². The molecule has 9 nitrogen and oxygen atoms in total. The van der Waals surface area contributed by atoms with Crippen molar-refractivity contribution in [3.8, 4) is 5.69 Å². The molecular weight excluding hydrogens is 557 g/mol. The zero-order valence-electron chi connectivity index (χ0n) is 23.3. The van der Waals surface area contributed by atoms with Gasteiger partial charge >= 0.3 is 0 Å². The number of nitrogens with zero attached hydrogens (tertiary/aromatic N) is 6. The number of hydrogen-bond donors (Lipinski definition) is 0. The standard InChI is InChI=1S/C30H30N6O3S2/c1-18-9-8-14-33(16-18)26-22(27(37)34-17-19(2)12-13-24(34)31-26)15-23-28(38)35(30(40)41-23)25-20(3)32(4)36(29(25)39)21-10-6-5-7-11-21/h5-7,10-13,15,17-18H,8-9,14,16H2,1-4H3/b23-15+. The van der Waals surface area contributed by atoms with Gasteiger partial charge in [-0.2, -0.15) is 0 Å². The van der Waals surface area contributed by atoms with Crippen LogP contribution in [-0.2, 0) is 11.8 Å². The van der Waals surface area contributed by atoms with Gasteiger partial charge in [0.15, 0.2) is 4.32 Å². The average molecular weight is 587 g/mol. The molecule has 2 saturated heterocycles. The molecule has 210 valence electrons. The first kappa shape index (κ1) is 27.2. The monoisotopic (exact) mass is 586 g/mol. The second-order valence-electron chi connectivity index (χ2n) is 10.7. The summed E-state index contributed by atoms with van der Waals surface area (Å²) in [5, 5.41) is 0. The molecule has 0 spiro atoms. The normalized spacial score (nSPS) is 18.7. The van der Waals surface area contributed by atoms with Gasteiger partial charge < -0.3 is 4.90 Å². The third kappa shape index (κ3) is 4.62. The summed E-state index contributed by atoms with van der Waals surface area (Å²) in [4.78, 5) is 50.1. The third-order valence-electron chi connectivity index (χ3n) is 7.76. The number of thiocarbonyl (C=S) groups is 1. The highest BCUT2D eigenvalue weighted by atomic mass is 32.2. The van der Waals surface area contributed by atoms with E-state index in [0.717, 1.165) is 43.3 Å². The van der Waals surface area contributed by atoms with E-state index < -0.39 is 5.91 Å². The predicted molar refractivity (Wildman–Crippen MR) is 168 cm³/mol. The van der Waals surface area contributed by atoms with Crippen molar-refractivity contribution in [2.24, 2.45) is 13.0 Å². The number of para-hydroxylation sites is 1. The van der Waals surface area contributed by atoms with Crippen LogP contribution in [0.1, 0.15) is 36.6 Å². The lowest BCUT2D eigenvalue weighted by Gasteiger charge is -2.32. The Bertz CT molecular complexity index is 1870. The van der Waals surface area contributed by atoms with E-state index in [4.69, 9.17) is 17.2 Å². The number of aromatic nitrogens is 4. The first-order valence-corrected chi connectivity index (χ1v) is 14.8. The first-order chi connectivity index (χ1) is 19.7. The Kier molecular flexibility index (Phi) is 6.95. The Morgan fingerprint density at radius 3 is 2.54 bits per heavy atom. The van der Waals surface area contributed by atoms with E-state index in [0.29, 0.717) is 34.3 Å². The number of fused-ring (bicyclic) bond motifs is 1. The number of rotatable bonds is 4. The molecule has 1 amide bonds.